The fourth-order valence-corrected chi connectivity index (χ4v) is 4.42. The van der Waals surface area contributed by atoms with E-state index in [0.717, 1.165) is 32.4 Å². The third-order valence-electron chi connectivity index (χ3n) is 6.19. The molecular weight excluding hydrogens is 332 g/mol. The van der Waals surface area contributed by atoms with Crippen LogP contribution in [0.3, 0.4) is 0 Å². The molecule has 1 aromatic heterocycles. The molecule has 3 aromatic rings. The van der Waals surface area contributed by atoms with E-state index in [4.69, 9.17) is 0 Å². The molecule has 0 bridgehead atoms. The van der Waals surface area contributed by atoms with Gasteiger partial charge in [-0.1, -0.05) is 48.5 Å². The number of carbonyl (C=O) groups excluding carboxylic acids is 1. The lowest BCUT2D eigenvalue weighted by molar-refractivity contribution is -0.131. The van der Waals surface area contributed by atoms with Gasteiger partial charge in [-0.05, 0) is 49.3 Å². The van der Waals surface area contributed by atoms with E-state index in [0.29, 0.717) is 12.3 Å². The van der Waals surface area contributed by atoms with E-state index < -0.39 is 0 Å². The van der Waals surface area contributed by atoms with Crippen molar-refractivity contribution >= 4 is 16.8 Å². The van der Waals surface area contributed by atoms with E-state index >= 15 is 0 Å². The maximum atomic E-state index is 13.0. The van der Waals surface area contributed by atoms with Crippen molar-refractivity contribution in [1.29, 1.82) is 0 Å². The lowest BCUT2D eigenvalue weighted by Crippen LogP contribution is -2.39. The SMILES string of the molecule is Cc1c(CC(=O)N2CCC(Cc3ccccc3)CC2)c2ccccc2n1C. The second kappa shape index (κ2) is 7.59. The molecule has 0 aliphatic carbocycles. The van der Waals surface area contributed by atoms with Crippen molar-refractivity contribution in [2.45, 2.75) is 32.6 Å². The number of nitrogens with zero attached hydrogens (tertiary/aromatic N) is 2. The number of para-hydroxylation sites is 1. The van der Waals surface area contributed by atoms with Crippen molar-refractivity contribution in [2.24, 2.45) is 13.0 Å². The molecule has 4 rings (SSSR count). The van der Waals surface area contributed by atoms with E-state index in [2.05, 4.69) is 78.0 Å². The average Bonchev–Trinajstić information content (AvgIpc) is 2.94. The molecule has 2 aromatic carbocycles. The summed E-state index contributed by atoms with van der Waals surface area (Å²) in [4.78, 5) is 15.0. The number of rotatable bonds is 4. The predicted molar refractivity (Wildman–Crippen MR) is 111 cm³/mol. The smallest absolute Gasteiger partial charge is 0.227 e. The Morgan fingerprint density at radius 2 is 1.67 bits per heavy atom. The third kappa shape index (κ3) is 3.64. The van der Waals surface area contributed by atoms with Gasteiger partial charge < -0.3 is 9.47 Å². The van der Waals surface area contributed by atoms with Gasteiger partial charge in [-0.25, -0.2) is 0 Å². The Morgan fingerprint density at radius 3 is 2.41 bits per heavy atom. The van der Waals surface area contributed by atoms with Crippen molar-refractivity contribution in [2.75, 3.05) is 13.1 Å². The Bertz CT molecular complexity index is 934. The summed E-state index contributed by atoms with van der Waals surface area (Å²) >= 11 is 0. The highest BCUT2D eigenvalue weighted by molar-refractivity contribution is 5.90. The summed E-state index contributed by atoms with van der Waals surface area (Å²) < 4.78 is 2.20. The first-order valence-corrected chi connectivity index (χ1v) is 9.98. The lowest BCUT2D eigenvalue weighted by Gasteiger charge is -2.32. The average molecular weight is 361 g/mol. The first-order chi connectivity index (χ1) is 13.1. The monoisotopic (exact) mass is 360 g/mol. The number of benzene rings is 2. The molecule has 1 aliphatic rings. The van der Waals surface area contributed by atoms with Gasteiger partial charge in [0.2, 0.25) is 5.91 Å². The van der Waals surface area contributed by atoms with Gasteiger partial charge in [0, 0.05) is 36.7 Å². The van der Waals surface area contributed by atoms with Gasteiger partial charge in [-0.2, -0.15) is 0 Å². The van der Waals surface area contributed by atoms with Crippen LogP contribution in [0.5, 0.6) is 0 Å². The Hall–Kier alpha value is -2.55. The molecule has 0 saturated carbocycles. The molecule has 0 atom stereocenters. The number of piperidine rings is 1. The zero-order valence-electron chi connectivity index (χ0n) is 16.3. The van der Waals surface area contributed by atoms with Crippen LogP contribution in [0, 0.1) is 12.8 Å². The standard InChI is InChI=1S/C24H28N2O/c1-18-22(21-10-6-7-11-23(21)25(18)2)17-24(27)26-14-12-20(13-15-26)16-19-8-4-3-5-9-19/h3-11,20H,12-17H2,1-2H3. The summed E-state index contributed by atoms with van der Waals surface area (Å²) in [6.07, 6.45) is 3.85. The van der Waals surface area contributed by atoms with Crippen LogP contribution in [0.15, 0.2) is 54.6 Å². The number of carbonyl (C=O) groups is 1. The van der Waals surface area contributed by atoms with Crippen LogP contribution in [-0.4, -0.2) is 28.5 Å². The van der Waals surface area contributed by atoms with Gasteiger partial charge in [-0.15, -0.1) is 0 Å². The molecule has 1 amide bonds. The minimum atomic E-state index is 0.271. The summed E-state index contributed by atoms with van der Waals surface area (Å²) in [7, 11) is 2.08. The summed E-state index contributed by atoms with van der Waals surface area (Å²) in [5.41, 5.74) is 5.00. The predicted octanol–water partition coefficient (Wildman–Crippen LogP) is 4.51. The molecule has 1 fully saturated rings. The first kappa shape index (κ1) is 17.8. The largest absolute Gasteiger partial charge is 0.348 e. The van der Waals surface area contributed by atoms with Gasteiger partial charge in [0.1, 0.15) is 0 Å². The van der Waals surface area contributed by atoms with Gasteiger partial charge >= 0.3 is 0 Å². The highest BCUT2D eigenvalue weighted by atomic mass is 16.2. The Kier molecular flexibility index (Phi) is 5.02. The molecule has 1 aliphatic heterocycles. The Balaban J connectivity index is 1.40. The number of fused-ring (bicyclic) bond motifs is 1. The molecule has 0 radical (unpaired) electrons. The quantitative estimate of drug-likeness (QED) is 0.672. The maximum absolute atomic E-state index is 13.0. The minimum absolute atomic E-state index is 0.271. The molecule has 3 heteroatoms. The normalized spacial score (nSPS) is 15.4. The maximum Gasteiger partial charge on any atom is 0.227 e. The fourth-order valence-electron chi connectivity index (χ4n) is 4.42. The molecule has 0 N–H and O–H groups in total. The zero-order valence-corrected chi connectivity index (χ0v) is 16.3. The van der Waals surface area contributed by atoms with Gasteiger partial charge in [0.05, 0.1) is 6.42 Å². The molecule has 27 heavy (non-hydrogen) atoms. The van der Waals surface area contributed by atoms with Crippen LogP contribution in [0.25, 0.3) is 10.9 Å². The van der Waals surface area contributed by atoms with E-state index in [1.54, 1.807) is 0 Å². The Labute approximate surface area is 161 Å². The van der Waals surface area contributed by atoms with Crippen LogP contribution in [-0.2, 0) is 24.7 Å². The van der Waals surface area contributed by atoms with Crippen LogP contribution >= 0.6 is 0 Å². The lowest BCUT2D eigenvalue weighted by atomic mass is 9.90. The van der Waals surface area contributed by atoms with Crippen LogP contribution < -0.4 is 0 Å². The highest BCUT2D eigenvalue weighted by Gasteiger charge is 2.24. The molecule has 3 nitrogen and oxygen atoms in total. The van der Waals surface area contributed by atoms with E-state index in [1.807, 2.05) is 0 Å². The second-order valence-electron chi connectivity index (χ2n) is 7.83. The molecule has 140 valence electrons. The van der Waals surface area contributed by atoms with Crippen LogP contribution in [0.1, 0.15) is 29.7 Å². The second-order valence-corrected chi connectivity index (χ2v) is 7.83. The van der Waals surface area contributed by atoms with E-state index in [-0.39, 0.29) is 5.91 Å². The van der Waals surface area contributed by atoms with Gasteiger partial charge in [-0.3, -0.25) is 4.79 Å². The zero-order chi connectivity index (χ0) is 18.8. The summed E-state index contributed by atoms with van der Waals surface area (Å²) in [5, 5.41) is 1.21. The number of likely N-dealkylation sites (tertiary alicyclic amines) is 1. The number of amides is 1. The van der Waals surface area contributed by atoms with Crippen LogP contribution in [0.2, 0.25) is 0 Å². The summed E-state index contributed by atoms with van der Waals surface area (Å²) in [5.74, 6) is 0.961. The van der Waals surface area contributed by atoms with Crippen molar-refractivity contribution < 1.29 is 4.79 Å². The topological polar surface area (TPSA) is 25.2 Å². The summed E-state index contributed by atoms with van der Waals surface area (Å²) in [6, 6.07) is 19.1. The van der Waals surface area contributed by atoms with E-state index in [1.165, 1.54) is 27.7 Å². The Morgan fingerprint density at radius 1 is 1.00 bits per heavy atom. The molecule has 0 spiro atoms. The molecule has 2 heterocycles. The van der Waals surface area contributed by atoms with Crippen molar-refractivity contribution in [3.05, 3.63) is 71.4 Å². The first-order valence-electron chi connectivity index (χ1n) is 9.98. The molecule has 0 unspecified atom stereocenters. The molecule has 1 saturated heterocycles. The number of aryl methyl sites for hydroxylation is 1. The van der Waals surface area contributed by atoms with Crippen molar-refractivity contribution in [3.63, 3.8) is 0 Å². The molecular formula is C24H28N2O. The van der Waals surface area contributed by atoms with Crippen LogP contribution in [0.4, 0.5) is 0 Å². The van der Waals surface area contributed by atoms with Crippen molar-refractivity contribution in [1.82, 2.24) is 9.47 Å². The van der Waals surface area contributed by atoms with Crippen molar-refractivity contribution in [3.8, 4) is 0 Å². The fraction of sp³-hybridized carbons (Fsp3) is 0.375. The number of aromatic nitrogens is 1. The minimum Gasteiger partial charge on any atom is -0.348 e. The highest BCUT2D eigenvalue weighted by Crippen LogP contribution is 2.27. The van der Waals surface area contributed by atoms with Gasteiger partial charge in [0.25, 0.3) is 0 Å². The number of hydrogen-bond acceptors (Lipinski definition) is 1. The third-order valence-corrected chi connectivity index (χ3v) is 6.19. The van der Waals surface area contributed by atoms with E-state index in [9.17, 15) is 4.79 Å². The van der Waals surface area contributed by atoms with Gasteiger partial charge in [0.15, 0.2) is 0 Å². The number of hydrogen-bond donors (Lipinski definition) is 0. The summed E-state index contributed by atoms with van der Waals surface area (Å²) in [6.45, 7) is 3.90.